The highest BCUT2D eigenvalue weighted by Crippen LogP contribution is 2.22. The SMILES string of the molecule is C=C(C)Nc1ccc(-c2cccc(C)c2)cc1. The molecule has 1 N–H and O–H groups in total. The first-order valence-corrected chi connectivity index (χ1v) is 5.75. The smallest absolute Gasteiger partial charge is 0.0381 e. The molecule has 0 atom stereocenters. The summed E-state index contributed by atoms with van der Waals surface area (Å²) in [5.41, 5.74) is 5.81. The van der Waals surface area contributed by atoms with E-state index in [2.05, 4.69) is 67.4 Å². The van der Waals surface area contributed by atoms with Gasteiger partial charge in [-0.25, -0.2) is 0 Å². The summed E-state index contributed by atoms with van der Waals surface area (Å²) >= 11 is 0. The third-order valence-corrected chi connectivity index (χ3v) is 2.59. The van der Waals surface area contributed by atoms with Crippen LogP contribution < -0.4 is 5.32 Å². The van der Waals surface area contributed by atoms with Crippen molar-refractivity contribution in [3.63, 3.8) is 0 Å². The lowest BCUT2D eigenvalue weighted by Gasteiger charge is -2.07. The predicted molar refractivity (Wildman–Crippen MR) is 75.1 cm³/mol. The zero-order valence-corrected chi connectivity index (χ0v) is 10.3. The summed E-state index contributed by atoms with van der Waals surface area (Å²) in [6.45, 7) is 7.90. The largest absolute Gasteiger partial charge is 0.360 e. The number of aryl methyl sites for hydroxylation is 1. The molecule has 0 aromatic heterocycles. The number of hydrogen-bond acceptors (Lipinski definition) is 1. The van der Waals surface area contributed by atoms with Crippen molar-refractivity contribution in [2.75, 3.05) is 5.32 Å². The summed E-state index contributed by atoms with van der Waals surface area (Å²) in [5, 5.41) is 3.20. The van der Waals surface area contributed by atoms with Crippen LogP contribution >= 0.6 is 0 Å². The Morgan fingerprint density at radius 1 is 1.00 bits per heavy atom. The molecule has 2 aromatic carbocycles. The van der Waals surface area contributed by atoms with Crippen molar-refractivity contribution < 1.29 is 0 Å². The molecule has 0 amide bonds. The molecule has 0 saturated carbocycles. The normalized spacial score (nSPS) is 10.0. The fourth-order valence-electron chi connectivity index (χ4n) is 1.82. The van der Waals surface area contributed by atoms with Crippen LogP contribution in [0.4, 0.5) is 5.69 Å². The molecule has 0 heterocycles. The van der Waals surface area contributed by atoms with E-state index < -0.39 is 0 Å². The van der Waals surface area contributed by atoms with E-state index in [0.29, 0.717) is 0 Å². The quantitative estimate of drug-likeness (QED) is 0.801. The van der Waals surface area contributed by atoms with Crippen molar-refractivity contribution in [2.45, 2.75) is 13.8 Å². The molecule has 86 valence electrons. The maximum Gasteiger partial charge on any atom is 0.0381 e. The lowest BCUT2D eigenvalue weighted by Crippen LogP contribution is -1.92. The van der Waals surface area contributed by atoms with Gasteiger partial charge in [0.25, 0.3) is 0 Å². The molecule has 0 aliphatic heterocycles. The minimum absolute atomic E-state index is 0.952. The molecule has 0 fully saturated rings. The van der Waals surface area contributed by atoms with Gasteiger partial charge >= 0.3 is 0 Å². The Labute approximate surface area is 103 Å². The Balaban J connectivity index is 2.26. The molecule has 0 saturated heterocycles. The van der Waals surface area contributed by atoms with Gasteiger partial charge in [-0.1, -0.05) is 48.5 Å². The van der Waals surface area contributed by atoms with Crippen LogP contribution in [0.25, 0.3) is 11.1 Å². The van der Waals surface area contributed by atoms with Crippen LogP contribution in [0.2, 0.25) is 0 Å². The average molecular weight is 223 g/mol. The highest BCUT2D eigenvalue weighted by molar-refractivity contribution is 5.67. The highest BCUT2D eigenvalue weighted by Gasteiger charge is 1.98. The van der Waals surface area contributed by atoms with Gasteiger partial charge in [-0.2, -0.15) is 0 Å². The number of hydrogen-bond donors (Lipinski definition) is 1. The van der Waals surface area contributed by atoms with Crippen LogP contribution in [-0.4, -0.2) is 0 Å². The monoisotopic (exact) mass is 223 g/mol. The van der Waals surface area contributed by atoms with E-state index in [0.717, 1.165) is 11.4 Å². The molecule has 0 radical (unpaired) electrons. The van der Waals surface area contributed by atoms with Crippen LogP contribution in [0.15, 0.2) is 60.8 Å². The molecular formula is C16H17N. The fraction of sp³-hybridized carbons (Fsp3) is 0.125. The van der Waals surface area contributed by atoms with Gasteiger partial charge in [0.15, 0.2) is 0 Å². The lowest BCUT2D eigenvalue weighted by atomic mass is 10.0. The van der Waals surface area contributed by atoms with Gasteiger partial charge < -0.3 is 5.32 Å². The number of benzene rings is 2. The summed E-state index contributed by atoms with van der Waals surface area (Å²) in [7, 11) is 0. The fourth-order valence-corrected chi connectivity index (χ4v) is 1.82. The van der Waals surface area contributed by atoms with Gasteiger partial charge in [0, 0.05) is 11.4 Å². The van der Waals surface area contributed by atoms with Crippen molar-refractivity contribution in [3.8, 4) is 11.1 Å². The molecule has 0 aliphatic carbocycles. The van der Waals surface area contributed by atoms with Crippen LogP contribution in [-0.2, 0) is 0 Å². The van der Waals surface area contributed by atoms with E-state index in [4.69, 9.17) is 0 Å². The Morgan fingerprint density at radius 2 is 1.71 bits per heavy atom. The summed E-state index contributed by atoms with van der Waals surface area (Å²) < 4.78 is 0. The van der Waals surface area contributed by atoms with Crippen LogP contribution in [0, 0.1) is 6.92 Å². The Bertz CT molecular complexity index is 523. The second-order valence-corrected chi connectivity index (χ2v) is 4.35. The standard InChI is InChI=1S/C16H17N/c1-12(2)17-16-9-7-14(8-10-16)15-6-4-5-13(3)11-15/h4-11,17H,1H2,2-3H3. The molecule has 1 heteroatoms. The summed E-state index contributed by atoms with van der Waals surface area (Å²) in [6.07, 6.45) is 0. The van der Waals surface area contributed by atoms with Crippen LogP contribution in [0.3, 0.4) is 0 Å². The molecular weight excluding hydrogens is 206 g/mol. The van der Waals surface area contributed by atoms with Crippen LogP contribution in [0.5, 0.6) is 0 Å². The summed E-state index contributed by atoms with van der Waals surface area (Å²) in [4.78, 5) is 0. The van der Waals surface area contributed by atoms with Crippen LogP contribution in [0.1, 0.15) is 12.5 Å². The van der Waals surface area contributed by atoms with Gasteiger partial charge in [0.1, 0.15) is 0 Å². The third-order valence-electron chi connectivity index (χ3n) is 2.59. The molecule has 2 rings (SSSR count). The number of rotatable bonds is 3. The third kappa shape index (κ3) is 2.97. The zero-order chi connectivity index (χ0) is 12.3. The molecule has 2 aromatic rings. The van der Waals surface area contributed by atoms with E-state index >= 15 is 0 Å². The van der Waals surface area contributed by atoms with Gasteiger partial charge in [0.05, 0.1) is 0 Å². The van der Waals surface area contributed by atoms with E-state index in [1.54, 1.807) is 0 Å². The van der Waals surface area contributed by atoms with Gasteiger partial charge in [-0.3, -0.25) is 0 Å². The van der Waals surface area contributed by atoms with Crippen molar-refractivity contribution in [1.29, 1.82) is 0 Å². The maximum atomic E-state index is 3.83. The summed E-state index contributed by atoms with van der Waals surface area (Å²) in [6, 6.07) is 16.9. The average Bonchev–Trinajstić information content (AvgIpc) is 2.29. The molecule has 0 spiro atoms. The minimum Gasteiger partial charge on any atom is -0.360 e. The van der Waals surface area contributed by atoms with E-state index in [1.807, 2.05) is 6.92 Å². The van der Waals surface area contributed by atoms with Crippen molar-refractivity contribution in [1.82, 2.24) is 0 Å². The Hall–Kier alpha value is -2.02. The van der Waals surface area contributed by atoms with E-state index in [9.17, 15) is 0 Å². The maximum absolute atomic E-state index is 3.83. The number of nitrogens with one attached hydrogen (secondary N) is 1. The van der Waals surface area contributed by atoms with Gasteiger partial charge in [-0.05, 0) is 37.1 Å². The van der Waals surface area contributed by atoms with Crippen molar-refractivity contribution in [2.24, 2.45) is 0 Å². The number of anilines is 1. The predicted octanol–water partition coefficient (Wildman–Crippen LogP) is 4.61. The molecule has 0 bridgehead atoms. The second-order valence-electron chi connectivity index (χ2n) is 4.35. The molecule has 1 nitrogen and oxygen atoms in total. The minimum atomic E-state index is 0.952. The second kappa shape index (κ2) is 4.88. The first-order chi connectivity index (χ1) is 8.15. The zero-order valence-electron chi connectivity index (χ0n) is 10.3. The Kier molecular flexibility index (Phi) is 3.29. The highest BCUT2D eigenvalue weighted by atomic mass is 14.9. The van der Waals surface area contributed by atoms with Gasteiger partial charge in [0.2, 0.25) is 0 Å². The van der Waals surface area contributed by atoms with E-state index in [1.165, 1.54) is 16.7 Å². The van der Waals surface area contributed by atoms with E-state index in [-0.39, 0.29) is 0 Å². The first-order valence-electron chi connectivity index (χ1n) is 5.75. The molecule has 17 heavy (non-hydrogen) atoms. The molecule has 0 aliphatic rings. The topological polar surface area (TPSA) is 12.0 Å². The summed E-state index contributed by atoms with van der Waals surface area (Å²) in [5.74, 6) is 0. The Morgan fingerprint density at radius 3 is 2.29 bits per heavy atom. The number of allylic oxidation sites excluding steroid dienone is 1. The van der Waals surface area contributed by atoms with Crippen molar-refractivity contribution in [3.05, 3.63) is 66.4 Å². The first kappa shape index (κ1) is 11.5. The lowest BCUT2D eigenvalue weighted by molar-refractivity contribution is 1.40. The van der Waals surface area contributed by atoms with Crippen molar-refractivity contribution >= 4 is 5.69 Å². The molecule has 0 unspecified atom stereocenters. The van der Waals surface area contributed by atoms with Gasteiger partial charge in [-0.15, -0.1) is 0 Å².